The molecule has 0 radical (unpaired) electrons. The van der Waals surface area contributed by atoms with E-state index < -0.39 is 28.1 Å². The van der Waals surface area contributed by atoms with Crippen LogP contribution in [0.15, 0.2) is 71.8 Å². The number of hydrogen-bond donors (Lipinski definition) is 3. The number of aromatic carboxylic acids is 1. The molecular formula is C23H21ClF3N3O6S. The van der Waals surface area contributed by atoms with E-state index in [4.69, 9.17) is 21.5 Å². The SMILES string of the molecule is CCN(Cc1ccccc1)c1ncc(NS(=O)(=O)c2ccccc2Cl)cc1C(=O)O.O=C(O)C(F)(F)F. The largest absolute Gasteiger partial charge is 0.490 e. The minimum Gasteiger partial charge on any atom is -0.478 e. The van der Waals surface area contributed by atoms with Crippen LogP contribution in [0.1, 0.15) is 22.8 Å². The zero-order valence-electron chi connectivity index (χ0n) is 19.1. The Morgan fingerprint density at radius 3 is 2.14 bits per heavy atom. The zero-order chi connectivity index (χ0) is 27.8. The van der Waals surface area contributed by atoms with Gasteiger partial charge in [-0.3, -0.25) is 4.72 Å². The topological polar surface area (TPSA) is 137 Å². The van der Waals surface area contributed by atoms with Crippen molar-refractivity contribution in [2.75, 3.05) is 16.2 Å². The summed E-state index contributed by atoms with van der Waals surface area (Å²) in [5.41, 5.74) is 0.931. The highest BCUT2D eigenvalue weighted by Crippen LogP contribution is 2.27. The summed E-state index contributed by atoms with van der Waals surface area (Å²) < 4.78 is 59.4. The molecule has 1 heterocycles. The van der Waals surface area contributed by atoms with Crippen LogP contribution in [-0.2, 0) is 21.4 Å². The van der Waals surface area contributed by atoms with Crippen LogP contribution in [-0.4, -0.2) is 48.3 Å². The fourth-order valence-corrected chi connectivity index (χ4v) is 4.49. The van der Waals surface area contributed by atoms with Crippen LogP contribution in [0.3, 0.4) is 0 Å². The molecule has 0 unspecified atom stereocenters. The highest BCUT2D eigenvalue weighted by Gasteiger charge is 2.38. The number of carboxylic acid groups (broad SMARTS) is 2. The fourth-order valence-electron chi connectivity index (χ4n) is 2.94. The minimum atomic E-state index is -5.08. The van der Waals surface area contributed by atoms with Crippen molar-refractivity contribution in [3.05, 3.63) is 83.0 Å². The van der Waals surface area contributed by atoms with Crippen LogP contribution in [0.2, 0.25) is 5.02 Å². The van der Waals surface area contributed by atoms with E-state index in [-0.39, 0.29) is 27.0 Å². The van der Waals surface area contributed by atoms with Gasteiger partial charge in [-0.1, -0.05) is 54.1 Å². The van der Waals surface area contributed by atoms with E-state index in [1.165, 1.54) is 24.4 Å². The molecule has 1 aromatic heterocycles. The van der Waals surface area contributed by atoms with Crippen molar-refractivity contribution in [3.8, 4) is 0 Å². The van der Waals surface area contributed by atoms with E-state index in [2.05, 4.69) is 9.71 Å². The maximum Gasteiger partial charge on any atom is 0.490 e. The number of aliphatic carboxylic acids is 1. The molecule has 2 aromatic carbocycles. The monoisotopic (exact) mass is 559 g/mol. The van der Waals surface area contributed by atoms with Crippen molar-refractivity contribution in [2.24, 2.45) is 0 Å². The van der Waals surface area contributed by atoms with Gasteiger partial charge in [-0.2, -0.15) is 13.2 Å². The average molecular weight is 560 g/mol. The van der Waals surface area contributed by atoms with Gasteiger partial charge >= 0.3 is 18.1 Å². The van der Waals surface area contributed by atoms with Crippen LogP contribution in [0.5, 0.6) is 0 Å². The van der Waals surface area contributed by atoms with E-state index >= 15 is 0 Å². The lowest BCUT2D eigenvalue weighted by atomic mass is 10.2. The third-order valence-electron chi connectivity index (χ3n) is 4.62. The Kier molecular flexibility index (Phi) is 9.86. The van der Waals surface area contributed by atoms with Crippen LogP contribution < -0.4 is 9.62 Å². The number of aromatic nitrogens is 1. The first-order chi connectivity index (χ1) is 17.3. The number of anilines is 2. The molecule has 3 aromatic rings. The van der Waals surface area contributed by atoms with Crippen molar-refractivity contribution in [3.63, 3.8) is 0 Å². The number of pyridine rings is 1. The van der Waals surface area contributed by atoms with Crippen LogP contribution in [0, 0.1) is 0 Å². The van der Waals surface area contributed by atoms with Crippen LogP contribution in [0.25, 0.3) is 0 Å². The van der Waals surface area contributed by atoms with E-state index in [0.717, 1.165) is 5.56 Å². The fraction of sp³-hybridized carbons (Fsp3) is 0.174. The van der Waals surface area contributed by atoms with Gasteiger partial charge in [-0.25, -0.2) is 23.0 Å². The van der Waals surface area contributed by atoms with Gasteiger partial charge in [0.25, 0.3) is 10.0 Å². The van der Waals surface area contributed by atoms with E-state index in [1.807, 2.05) is 42.2 Å². The van der Waals surface area contributed by atoms with Gasteiger partial charge in [0.15, 0.2) is 0 Å². The summed E-state index contributed by atoms with van der Waals surface area (Å²) in [6, 6.07) is 16.8. The Labute approximate surface area is 215 Å². The van der Waals surface area contributed by atoms with E-state index in [0.29, 0.717) is 13.1 Å². The number of sulfonamides is 1. The highest BCUT2D eigenvalue weighted by molar-refractivity contribution is 7.92. The Balaban J connectivity index is 0.000000604. The molecule has 3 rings (SSSR count). The number of halogens is 4. The first-order valence-electron chi connectivity index (χ1n) is 10.4. The molecule has 0 spiro atoms. The summed E-state index contributed by atoms with van der Waals surface area (Å²) in [6.07, 6.45) is -3.79. The van der Waals surface area contributed by atoms with Gasteiger partial charge in [0.05, 0.1) is 16.9 Å². The van der Waals surface area contributed by atoms with Gasteiger partial charge in [-0.15, -0.1) is 0 Å². The number of hydrogen-bond acceptors (Lipinski definition) is 6. The first-order valence-corrected chi connectivity index (χ1v) is 12.2. The van der Waals surface area contributed by atoms with Crippen molar-refractivity contribution >= 4 is 45.1 Å². The number of carboxylic acids is 2. The number of nitrogens with one attached hydrogen (secondary N) is 1. The Morgan fingerprint density at radius 2 is 1.62 bits per heavy atom. The molecule has 0 amide bonds. The molecule has 3 N–H and O–H groups in total. The number of alkyl halides is 3. The Bertz CT molecular complexity index is 1360. The summed E-state index contributed by atoms with van der Waals surface area (Å²) in [4.78, 5) is 26.7. The van der Waals surface area contributed by atoms with Gasteiger partial charge in [-0.05, 0) is 30.7 Å². The lowest BCUT2D eigenvalue weighted by Crippen LogP contribution is -2.25. The summed E-state index contributed by atoms with van der Waals surface area (Å²) in [5.74, 6) is -3.70. The predicted octanol–water partition coefficient (Wildman–Crippen LogP) is 4.89. The highest BCUT2D eigenvalue weighted by atomic mass is 35.5. The lowest BCUT2D eigenvalue weighted by Gasteiger charge is -2.24. The van der Waals surface area contributed by atoms with Gasteiger partial charge in [0.2, 0.25) is 0 Å². The molecule has 0 saturated carbocycles. The average Bonchev–Trinajstić information content (AvgIpc) is 2.83. The second-order valence-corrected chi connectivity index (χ2v) is 9.30. The lowest BCUT2D eigenvalue weighted by molar-refractivity contribution is -0.192. The zero-order valence-corrected chi connectivity index (χ0v) is 20.7. The van der Waals surface area contributed by atoms with Crippen LogP contribution in [0.4, 0.5) is 24.7 Å². The molecule has 0 aliphatic rings. The van der Waals surface area contributed by atoms with Crippen LogP contribution >= 0.6 is 11.6 Å². The first kappa shape index (κ1) is 29.4. The molecule has 14 heteroatoms. The van der Waals surface area contributed by atoms with Gasteiger partial charge in [0, 0.05) is 13.1 Å². The normalized spacial score (nSPS) is 11.2. The molecular weight excluding hydrogens is 539 g/mol. The van der Waals surface area contributed by atoms with Crippen molar-refractivity contribution < 1.29 is 41.4 Å². The van der Waals surface area contributed by atoms with E-state index in [1.54, 1.807) is 12.1 Å². The van der Waals surface area contributed by atoms with E-state index in [9.17, 15) is 31.5 Å². The smallest absolute Gasteiger partial charge is 0.478 e. The third kappa shape index (κ3) is 8.36. The van der Waals surface area contributed by atoms with Crippen molar-refractivity contribution in [1.82, 2.24) is 4.98 Å². The number of carbonyl (C=O) groups is 2. The molecule has 0 saturated heterocycles. The van der Waals surface area contributed by atoms with Crippen molar-refractivity contribution in [1.29, 1.82) is 0 Å². The molecule has 0 aliphatic heterocycles. The maximum absolute atomic E-state index is 12.6. The summed E-state index contributed by atoms with van der Waals surface area (Å²) in [6.45, 7) is 2.88. The summed E-state index contributed by atoms with van der Waals surface area (Å²) >= 11 is 5.98. The molecule has 0 aliphatic carbocycles. The molecule has 0 bridgehead atoms. The van der Waals surface area contributed by atoms with Crippen molar-refractivity contribution in [2.45, 2.75) is 24.5 Å². The molecule has 198 valence electrons. The molecule has 9 nitrogen and oxygen atoms in total. The molecule has 0 atom stereocenters. The quantitative estimate of drug-likeness (QED) is 0.355. The third-order valence-corrected chi connectivity index (χ3v) is 6.50. The maximum atomic E-state index is 12.6. The standard InChI is InChI=1S/C21H20ClN3O4S.C2HF3O2/c1-2-25(14-15-8-4-3-5-9-15)20-17(21(26)27)12-16(13-23-20)24-30(28,29)19-11-7-6-10-18(19)22;3-2(4,5)1(6)7/h3-13,24H,2,14H2,1H3,(H,26,27);(H,6,7). The summed E-state index contributed by atoms with van der Waals surface area (Å²) in [5, 5.41) is 16.9. The molecule has 0 fully saturated rings. The second-order valence-electron chi connectivity index (χ2n) is 7.24. The van der Waals surface area contributed by atoms with Gasteiger partial charge in [0.1, 0.15) is 16.3 Å². The minimum absolute atomic E-state index is 0.0341. The Morgan fingerprint density at radius 1 is 1.05 bits per heavy atom. The van der Waals surface area contributed by atoms with Gasteiger partial charge < -0.3 is 15.1 Å². The number of rotatable bonds is 8. The molecule has 37 heavy (non-hydrogen) atoms. The number of benzene rings is 2. The second kappa shape index (κ2) is 12.4. The Hall–Kier alpha value is -3.84. The number of nitrogens with zero attached hydrogens (tertiary/aromatic N) is 2. The predicted molar refractivity (Wildman–Crippen MR) is 130 cm³/mol. The summed E-state index contributed by atoms with van der Waals surface area (Å²) in [7, 11) is -4.00.